The number of benzene rings is 1. The molecule has 7 rings (SSSR count). The lowest BCUT2D eigenvalue weighted by Crippen LogP contribution is -2.58. The highest BCUT2D eigenvalue weighted by atomic mass is 32.2. The van der Waals surface area contributed by atoms with Gasteiger partial charge in [-0.25, -0.2) is 19.6 Å². The Morgan fingerprint density at radius 1 is 1.05 bits per heavy atom. The normalized spacial score (nSPS) is 25.7. The molecule has 3 fully saturated rings. The fraction of sp³-hybridized carbons (Fsp3) is 0.600. The Kier molecular flexibility index (Phi) is 14.6. The van der Waals surface area contributed by atoms with Crippen LogP contribution in [0.2, 0.25) is 0 Å². The molecule has 5 heterocycles. The van der Waals surface area contributed by atoms with Crippen LogP contribution in [-0.2, 0) is 24.6 Å². The summed E-state index contributed by atoms with van der Waals surface area (Å²) in [5.41, 5.74) is 0.239. The van der Waals surface area contributed by atoms with Gasteiger partial charge < -0.3 is 40.7 Å². The summed E-state index contributed by atoms with van der Waals surface area (Å²) in [6.45, 7) is 12.1. The van der Waals surface area contributed by atoms with Crippen LogP contribution in [0.15, 0.2) is 41.8 Å². The first-order valence-electron chi connectivity index (χ1n) is 22.6. The number of hydrogen-bond donors (Lipinski definition) is 5. The highest BCUT2D eigenvalue weighted by molar-refractivity contribution is 7.87. The van der Waals surface area contributed by atoms with E-state index in [0.29, 0.717) is 59.7 Å². The number of thiazole rings is 1. The van der Waals surface area contributed by atoms with E-state index < -0.39 is 69.7 Å². The second-order valence-electron chi connectivity index (χ2n) is 18.4. The van der Waals surface area contributed by atoms with Crippen LogP contribution in [0.3, 0.4) is 0 Å². The second-order valence-corrected chi connectivity index (χ2v) is 21.2. The number of carboxylic acids is 1. The van der Waals surface area contributed by atoms with Crippen LogP contribution in [0, 0.1) is 11.8 Å². The van der Waals surface area contributed by atoms with Crippen molar-refractivity contribution in [1.29, 1.82) is 0 Å². The number of nitrogens with zero attached hydrogens (tertiary/aromatic N) is 5. The number of nitrogens with one attached hydrogen (secondary N) is 4. The van der Waals surface area contributed by atoms with Crippen molar-refractivity contribution < 1.29 is 42.2 Å². The minimum Gasteiger partial charge on any atom is -0.497 e. The van der Waals surface area contributed by atoms with Crippen LogP contribution >= 0.6 is 11.3 Å². The number of carbonyl (C=O) groups is 4. The van der Waals surface area contributed by atoms with E-state index in [2.05, 4.69) is 21.3 Å². The largest absolute Gasteiger partial charge is 0.497 e. The number of allylic oxidation sites excluding steroid dienone is 1. The molecule has 1 unspecified atom stereocenters. The molecule has 3 aromatic rings. The zero-order valence-corrected chi connectivity index (χ0v) is 39.8. The van der Waals surface area contributed by atoms with E-state index in [4.69, 9.17) is 19.4 Å². The Labute approximate surface area is 385 Å². The van der Waals surface area contributed by atoms with Gasteiger partial charge in [0, 0.05) is 73.0 Å². The predicted octanol–water partition coefficient (Wildman–Crippen LogP) is 4.98. The summed E-state index contributed by atoms with van der Waals surface area (Å²) < 4.78 is 41.8. The fourth-order valence-electron chi connectivity index (χ4n) is 8.87. The van der Waals surface area contributed by atoms with E-state index in [1.807, 2.05) is 65.1 Å². The molecule has 5 N–H and O–H groups in total. The highest BCUT2D eigenvalue weighted by Crippen LogP contribution is 2.45. The van der Waals surface area contributed by atoms with Gasteiger partial charge in [-0.1, -0.05) is 38.8 Å². The number of aliphatic carboxylic acids is 1. The monoisotopic (exact) mass is 937 g/mol. The van der Waals surface area contributed by atoms with Gasteiger partial charge in [-0.2, -0.15) is 17.0 Å². The zero-order valence-electron chi connectivity index (χ0n) is 38.2. The lowest BCUT2D eigenvalue weighted by molar-refractivity contribution is -0.145. The van der Waals surface area contributed by atoms with Gasteiger partial charge in [-0.05, 0) is 71.4 Å². The van der Waals surface area contributed by atoms with E-state index in [9.17, 15) is 32.7 Å². The molecule has 354 valence electrons. The highest BCUT2D eigenvalue weighted by Gasteiger charge is 2.61. The summed E-state index contributed by atoms with van der Waals surface area (Å²) in [5.74, 6) is -1.81. The Morgan fingerprint density at radius 2 is 1.83 bits per heavy atom. The first-order chi connectivity index (χ1) is 30.9. The number of urea groups is 1. The maximum Gasteiger partial charge on any atom is 0.330 e. The van der Waals surface area contributed by atoms with E-state index in [1.54, 1.807) is 25.3 Å². The number of ether oxygens (including phenoxy) is 2. The Hall–Kier alpha value is -5.05. The second kappa shape index (κ2) is 19.8. The van der Waals surface area contributed by atoms with Crippen LogP contribution in [0.5, 0.6) is 11.5 Å². The van der Waals surface area contributed by atoms with Gasteiger partial charge in [-0.3, -0.25) is 9.59 Å². The summed E-state index contributed by atoms with van der Waals surface area (Å²) >= 11 is 1.45. The van der Waals surface area contributed by atoms with Crippen molar-refractivity contribution in [2.24, 2.45) is 11.8 Å². The van der Waals surface area contributed by atoms with Crippen molar-refractivity contribution in [2.75, 3.05) is 38.6 Å². The molecule has 65 heavy (non-hydrogen) atoms. The topological polar surface area (TPSA) is 225 Å². The standard InChI is InChI=1S/C45H63N9O9S2/c1-26(2)36(24-52-17-18-54(28(5)6)65(52,60)61)49-43(59)48-33-14-12-10-8-9-11-13-29-22-45(29,42(57)58)51-40(55)38-20-31(23-53(38)41(33)56)63-39-21-35(37-25-64-44(50-37)46-27(3)4)47-34-19-30(62-7)15-16-32(34)39/h11,13,15-16,19,21,25-29,31,33,36,38H,8-10,12,14,17-18,20,22-24H2,1-7H3,(H,46,50)(H,51,55)(H,57,58)(H2,48,49,59)/t29?,31-,33+,36-,38+,45-/m1/s1. The predicted molar refractivity (Wildman–Crippen MR) is 248 cm³/mol. The quantitative estimate of drug-likeness (QED) is 0.143. The molecule has 3 aliphatic heterocycles. The average molecular weight is 938 g/mol. The van der Waals surface area contributed by atoms with Gasteiger partial charge in [-0.15, -0.1) is 11.3 Å². The number of hydrogen-bond acceptors (Lipinski definition) is 12. The number of amides is 4. The van der Waals surface area contributed by atoms with Crippen LogP contribution in [0.1, 0.15) is 86.5 Å². The molecule has 6 atom stereocenters. The molecule has 4 aliphatic rings. The van der Waals surface area contributed by atoms with Crippen molar-refractivity contribution in [2.45, 2.75) is 128 Å². The molecule has 2 saturated heterocycles. The minimum atomic E-state index is -3.72. The SMILES string of the molecule is COc1ccc2c(O[C@@H]3C[C@H]4C(=O)N[C@]5(C(=O)O)CC5C=CCCCCC[C@H](NC(=O)N[C@H](CN5CCN(C(C)C)S5(=O)=O)C(C)C)C(=O)N4C3)cc(-c3csc(NC(C)C)n3)nc2c1. The van der Waals surface area contributed by atoms with Crippen LogP contribution in [0.4, 0.5) is 9.93 Å². The third-order valence-electron chi connectivity index (χ3n) is 12.7. The number of carboxylic acid groups (broad SMARTS) is 1. The van der Waals surface area contributed by atoms with Crippen molar-refractivity contribution in [3.63, 3.8) is 0 Å². The fourth-order valence-corrected chi connectivity index (χ4v) is 11.5. The van der Waals surface area contributed by atoms with Gasteiger partial charge in [0.05, 0.1) is 24.9 Å². The lowest BCUT2D eigenvalue weighted by atomic mass is 10.0. The summed E-state index contributed by atoms with van der Waals surface area (Å²) in [4.78, 5) is 67.0. The smallest absolute Gasteiger partial charge is 0.330 e. The number of pyridine rings is 1. The van der Waals surface area contributed by atoms with Crippen LogP contribution in [-0.4, -0.2) is 136 Å². The van der Waals surface area contributed by atoms with Gasteiger partial charge >= 0.3 is 12.0 Å². The Balaban J connectivity index is 1.17. The van der Waals surface area contributed by atoms with Gasteiger partial charge in [0.1, 0.15) is 40.9 Å². The number of rotatable bonds is 13. The molecule has 0 radical (unpaired) electrons. The molecule has 20 heteroatoms. The maximum atomic E-state index is 14.9. The van der Waals surface area contributed by atoms with Gasteiger partial charge in [0.15, 0.2) is 5.13 Å². The number of methoxy groups -OCH3 is 1. The maximum absolute atomic E-state index is 14.9. The number of anilines is 1. The molecule has 1 aromatic carbocycles. The van der Waals surface area contributed by atoms with Crippen molar-refractivity contribution in [3.8, 4) is 22.9 Å². The summed E-state index contributed by atoms with van der Waals surface area (Å²) in [7, 11) is -2.15. The molecule has 0 bridgehead atoms. The van der Waals surface area contributed by atoms with E-state index >= 15 is 0 Å². The molecule has 18 nitrogen and oxygen atoms in total. The molecule has 4 amide bonds. The van der Waals surface area contributed by atoms with Crippen molar-refractivity contribution >= 4 is 61.4 Å². The first kappa shape index (κ1) is 47.9. The third-order valence-corrected chi connectivity index (χ3v) is 15.6. The lowest BCUT2D eigenvalue weighted by Gasteiger charge is -2.31. The number of aromatic nitrogens is 2. The molecular weight excluding hydrogens is 875 g/mol. The molecule has 1 aliphatic carbocycles. The van der Waals surface area contributed by atoms with Crippen molar-refractivity contribution in [1.82, 2.24) is 39.4 Å². The minimum absolute atomic E-state index is 0.0360. The molecular formula is C45H63N9O9S2. The first-order valence-corrected chi connectivity index (χ1v) is 24.9. The molecule has 1 saturated carbocycles. The van der Waals surface area contributed by atoms with Crippen LogP contribution < -0.4 is 30.7 Å². The van der Waals surface area contributed by atoms with E-state index in [0.717, 1.165) is 18.0 Å². The van der Waals surface area contributed by atoms with Gasteiger partial charge in [0.25, 0.3) is 10.2 Å². The Morgan fingerprint density at radius 3 is 2.52 bits per heavy atom. The summed E-state index contributed by atoms with van der Waals surface area (Å²) in [6.07, 6.45) is 6.40. The number of carbonyl (C=O) groups excluding carboxylic acids is 3. The average Bonchev–Trinajstić information content (AvgIpc) is 3.50. The summed E-state index contributed by atoms with van der Waals surface area (Å²) in [5, 5.41) is 25.7. The van der Waals surface area contributed by atoms with E-state index in [-0.39, 0.29) is 50.4 Å². The van der Waals surface area contributed by atoms with Gasteiger partial charge in [0.2, 0.25) is 11.8 Å². The third kappa shape index (κ3) is 10.7. The van der Waals surface area contributed by atoms with Crippen LogP contribution in [0.25, 0.3) is 22.3 Å². The number of fused-ring (bicyclic) bond motifs is 3. The zero-order chi connectivity index (χ0) is 46.8. The molecule has 0 spiro atoms. The molecule has 2 aromatic heterocycles. The van der Waals surface area contributed by atoms with Crippen molar-refractivity contribution in [3.05, 3.63) is 41.8 Å². The summed E-state index contributed by atoms with van der Waals surface area (Å²) in [6, 6.07) is 3.75. The van der Waals surface area contributed by atoms with E-state index in [1.165, 1.54) is 24.8 Å². The Bertz CT molecular complexity index is 2390.